The molecule has 0 aromatic carbocycles. The molecule has 88 valence electrons. The number of rotatable bonds is 2. The second-order valence-corrected chi connectivity index (χ2v) is 5.15. The molecule has 0 aliphatic carbocycles. The van der Waals surface area contributed by atoms with Crippen LogP contribution in [0.5, 0.6) is 0 Å². The van der Waals surface area contributed by atoms with Crippen LogP contribution in [0.2, 0.25) is 0 Å². The fourth-order valence-electron chi connectivity index (χ4n) is 1.40. The lowest BCUT2D eigenvalue weighted by Crippen LogP contribution is -2.51. The molecule has 0 bridgehead atoms. The lowest BCUT2D eigenvalue weighted by atomic mass is 10.3. The van der Waals surface area contributed by atoms with Gasteiger partial charge in [0, 0.05) is 39.3 Å². The molecule has 0 N–H and O–H groups in total. The molecular weight excluding hydrogens is 230 g/mol. The zero-order valence-corrected chi connectivity index (χ0v) is 11.2. The van der Waals surface area contributed by atoms with Crippen molar-refractivity contribution in [3.8, 4) is 0 Å². The summed E-state index contributed by atoms with van der Waals surface area (Å²) < 4.78 is 2.16. The van der Waals surface area contributed by atoms with Crippen LogP contribution in [0, 0.1) is 0 Å². The van der Waals surface area contributed by atoms with E-state index >= 15 is 0 Å². The third kappa shape index (κ3) is 3.46. The first-order valence-corrected chi connectivity index (χ1v) is 6.97. The van der Waals surface area contributed by atoms with Crippen molar-refractivity contribution in [1.29, 1.82) is 0 Å². The Labute approximate surface area is 101 Å². The van der Waals surface area contributed by atoms with E-state index in [0.717, 1.165) is 26.2 Å². The summed E-state index contributed by atoms with van der Waals surface area (Å²) in [5.74, 6) is 0. The average Bonchev–Trinajstić information content (AvgIpc) is 2.27. The van der Waals surface area contributed by atoms with E-state index < -0.39 is 0 Å². The van der Waals surface area contributed by atoms with Crippen molar-refractivity contribution in [2.24, 2.45) is 0 Å². The van der Waals surface area contributed by atoms with Crippen LogP contribution in [0.4, 0.5) is 4.79 Å². The van der Waals surface area contributed by atoms with Crippen LogP contribution in [0.15, 0.2) is 0 Å². The van der Waals surface area contributed by atoms with Gasteiger partial charge in [0.05, 0.1) is 0 Å². The molecule has 0 atom stereocenters. The Morgan fingerprint density at radius 1 is 1.33 bits per heavy atom. The second kappa shape index (κ2) is 5.86. The van der Waals surface area contributed by atoms with E-state index in [0.29, 0.717) is 0 Å². The molecule has 1 aliphatic rings. The molecule has 2 amide bonds. The van der Waals surface area contributed by atoms with Gasteiger partial charge in [-0.1, -0.05) is 11.7 Å². The van der Waals surface area contributed by atoms with E-state index in [1.807, 2.05) is 25.8 Å². The average molecular weight is 249 g/mol. The fourth-order valence-corrected chi connectivity index (χ4v) is 2.22. The summed E-state index contributed by atoms with van der Waals surface area (Å²) in [6, 6.07) is 0.392. The van der Waals surface area contributed by atoms with Gasteiger partial charge in [0.2, 0.25) is 0 Å². The second-order valence-electron chi connectivity index (χ2n) is 3.98. The van der Waals surface area contributed by atoms with Crippen molar-refractivity contribution in [1.82, 2.24) is 14.1 Å². The molecule has 0 aromatic rings. The van der Waals surface area contributed by atoms with Gasteiger partial charge in [0.1, 0.15) is 0 Å². The minimum atomic E-state index is 0.133. The molecule has 0 spiro atoms. The molecule has 0 saturated carbocycles. The van der Waals surface area contributed by atoms with Gasteiger partial charge >= 0.3 is 6.03 Å². The van der Waals surface area contributed by atoms with Crippen molar-refractivity contribution in [2.45, 2.75) is 19.9 Å². The number of piperazine rings is 1. The Balaban J connectivity index is 2.42. The number of hydrogen-bond acceptors (Lipinski definition) is 4. The first-order chi connectivity index (χ1) is 7.06. The molecule has 1 rings (SSSR count). The number of urea groups is 1. The molecule has 1 heterocycles. The van der Waals surface area contributed by atoms with Crippen molar-refractivity contribution < 1.29 is 4.79 Å². The summed E-state index contributed by atoms with van der Waals surface area (Å²) in [6.07, 6.45) is 0. The number of thiol groups is 1. The van der Waals surface area contributed by atoms with Crippen molar-refractivity contribution in [3.05, 3.63) is 0 Å². The number of nitrogens with zero attached hydrogens (tertiary/aromatic N) is 3. The van der Waals surface area contributed by atoms with Crippen molar-refractivity contribution in [2.75, 3.05) is 33.2 Å². The van der Waals surface area contributed by atoms with Gasteiger partial charge in [0.15, 0.2) is 0 Å². The monoisotopic (exact) mass is 249 g/mol. The summed E-state index contributed by atoms with van der Waals surface area (Å²) in [5, 5.41) is 0. The van der Waals surface area contributed by atoms with Crippen LogP contribution in [-0.2, 0) is 0 Å². The molecule has 1 saturated heterocycles. The third-order valence-electron chi connectivity index (χ3n) is 2.70. The predicted molar refractivity (Wildman–Crippen MR) is 68.0 cm³/mol. The van der Waals surface area contributed by atoms with Gasteiger partial charge < -0.3 is 9.80 Å². The van der Waals surface area contributed by atoms with Gasteiger partial charge in [-0.25, -0.2) is 9.10 Å². The Morgan fingerprint density at radius 2 is 1.87 bits per heavy atom. The third-order valence-corrected chi connectivity index (χ3v) is 3.99. The zero-order chi connectivity index (χ0) is 11.4. The highest BCUT2D eigenvalue weighted by Crippen LogP contribution is 2.17. The highest BCUT2D eigenvalue weighted by atomic mass is 33.1. The van der Waals surface area contributed by atoms with E-state index in [1.54, 1.807) is 4.90 Å². The van der Waals surface area contributed by atoms with E-state index in [9.17, 15) is 4.79 Å². The maximum atomic E-state index is 11.9. The molecule has 0 aromatic heterocycles. The predicted octanol–water partition coefficient (Wildman–Crippen LogP) is 1.56. The van der Waals surface area contributed by atoms with Crippen LogP contribution >= 0.6 is 22.6 Å². The van der Waals surface area contributed by atoms with Crippen LogP contribution in [0.1, 0.15) is 13.8 Å². The van der Waals surface area contributed by atoms with Gasteiger partial charge in [-0.05, 0) is 24.8 Å². The molecule has 1 aliphatic heterocycles. The fraction of sp³-hybridized carbons (Fsp3) is 0.889. The normalized spacial score (nSPS) is 18.3. The summed E-state index contributed by atoms with van der Waals surface area (Å²) >= 11 is 4.15. The number of hydrogen-bond donors (Lipinski definition) is 1. The molecule has 1 fully saturated rings. The van der Waals surface area contributed by atoms with E-state index in [1.165, 1.54) is 11.0 Å². The first kappa shape index (κ1) is 13.0. The molecule has 0 unspecified atom stereocenters. The molecule has 15 heavy (non-hydrogen) atoms. The Kier molecular flexibility index (Phi) is 5.08. The maximum absolute atomic E-state index is 11.9. The maximum Gasteiger partial charge on any atom is 0.320 e. The molecular formula is C9H19N3OS2. The Morgan fingerprint density at radius 3 is 2.27 bits per heavy atom. The van der Waals surface area contributed by atoms with Crippen LogP contribution in [-0.4, -0.2) is 59.4 Å². The number of amides is 2. The summed E-state index contributed by atoms with van der Waals surface area (Å²) in [4.78, 5) is 15.6. The minimum Gasteiger partial charge on any atom is -0.325 e. The molecule has 4 nitrogen and oxygen atoms in total. The first-order valence-electron chi connectivity index (χ1n) is 5.14. The number of carbonyl (C=O) groups is 1. The van der Waals surface area contributed by atoms with E-state index in [2.05, 4.69) is 16.0 Å². The minimum absolute atomic E-state index is 0.133. The zero-order valence-electron chi connectivity index (χ0n) is 9.51. The SMILES string of the molecule is CC(C)N(C)C(=O)N1CCN(SS)CC1. The summed E-state index contributed by atoms with van der Waals surface area (Å²) in [5.41, 5.74) is 0. The topological polar surface area (TPSA) is 26.8 Å². The highest BCUT2D eigenvalue weighted by molar-refractivity contribution is 8.67. The summed E-state index contributed by atoms with van der Waals surface area (Å²) in [6.45, 7) is 7.43. The lowest BCUT2D eigenvalue weighted by Gasteiger charge is -2.36. The lowest BCUT2D eigenvalue weighted by molar-refractivity contribution is 0.136. The van der Waals surface area contributed by atoms with Gasteiger partial charge in [0.25, 0.3) is 0 Å². The Hall–Kier alpha value is -0.0700. The highest BCUT2D eigenvalue weighted by Gasteiger charge is 2.24. The quantitative estimate of drug-likeness (QED) is 0.457. The van der Waals surface area contributed by atoms with Gasteiger partial charge in [-0.3, -0.25) is 0 Å². The van der Waals surface area contributed by atoms with Crippen molar-refractivity contribution >= 4 is 28.7 Å². The van der Waals surface area contributed by atoms with Gasteiger partial charge in [-0.15, -0.1) is 0 Å². The summed E-state index contributed by atoms with van der Waals surface area (Å²) in [7, 11) is 3.30. The van der Waals surface area contributed by atoms with Gasteiger partial charge in [-0.2, -0.15) is 0 Å². The number of carbonyl (C=O) groups excluding carboxylic acids is 1. The van der Waals surface area contributed by atoms with E-state index in [-0.39, 0.29) is 12.1 Å². The van der Waals surface area contributed by atoms with Crippen LogP contribution in [0.25, 0.3) is 0 Å². The molecule has 0 radical (unpaired) electrons. The Bertz CT molecular complexity index is 217. The smallest absolute Gasteiger partial charge is 0.320 e. The van der Waals surface area contributed by atoms with Crippen LogP contribution < -0.4 is 0 Å². The molecule has 6 heteroatoms. The van der Waals surface area contributed by atoms with Crippen molar-refractivity contribution in [3.63, 3.8) is 0 Å². The largest absolute Gasteiger partial charge is 0.325 e. The van der Waals surface area contributed by atoms with Crippen LogP contribution in [0.3, 0.4) is 0 Å². The van der Waals surface area contributed by atoms with E-state index in [4.69, 9.17) is 0 Å². The standard InChI is InChI=1S/C9H19N3OS2/c1-8(2)10(3)9(13)11-4-6-12(15-14)7-5-11/h8,14H,4-7H2,1-3H3.